The summed E-state index contributed by atoms with van der Waals surface area (Å²) in [4.78, 5) is 25.0. The molecule has 7 heteroatoms. The molecule has 1 aromatic carbocycles. The normalized spacial score (nSPS) is 31.4. The van der Waals surface area contributed by atoms with E-state index in [1.807, 2.05) is 26.8 Å². The topological polar surface area (TPSA) is 86.2 Å². The second kappa shape index (κ2) is 4.97. The molecule has 2 atom stereocenters. The van der Waals surface area contributed by atoms with E-state index >= 15 is 0 Å². The van der Waals surface area contributed by atoms with Crippen LogP contribution in [0.15, 0.2) is 23.3 Å². The van der Waals surface area contributed by atoms with Gasteiger partial charge in [0, 0.05) is 5.41 Å². The fourth-order valence-corrected chi connectivity index (χ4v) is 4.00. The van der Waals surface area contributed by atoms with Crippen LogP contribution in [0.5, 0.6) is 11.5 Å². The highest BCUT2D eigenvalue weighted by molar-refractivity contribution is 5.96. The third-order valence-electron chi connectivity index (χ3n) is 6.23. The van der Waals surface area contributed by atoms with Gasteiger partial charge in [0.1, 0.15) is 0 Å². The number of benzene rings is 1. The summed E-state index contributed by atoms with van der Waals surface area (Å²) in [6.07, 6.45) is 2.67. The first-order chi connectivity index (χ1) is 11.8. The van der Waals surface area contributed by atoms with Gasteiger partial charge < -0.3 is 14.2 Å². The van der Waals surface area contributed by atoms with Gasteiger partial charge >= 0.3 is 5.97 Å². The van der Waals surface area contributed by atoms with Crippen molar-refractivity contribution in [2.45, 2.75) is 39.2 Å². The maximum Gasteiger partial charge on any atom is 0.313 e. The molecule has 0 unspecified atom stereocenters. The van der Waals surface area contributed by atoms with E-state index in [1.165, 1.54) is 6.21 Å². The number of hydrazone groups is 1. The molecule has 1 amide bonds. The first kappa shape index (κ1) is 15.9. The van der Waals surface area contributed by atoms with Gasteiger partial charge in [-0.25, -0.2) is 5.43 Å². The Kier molecular flexibility index (Phi) is 3.17. The third kappa shape index (κ3) is 1.95. The van der Waals surface area contributed by atoms with E-state index in [2.05, 4.69) is 10.5 Å². The minimum atomic E-state index is -1.16. The Morgan fingerprint density at radius 3 is 2.64 bits per heavy atom. The molecule has 132 valence electrons. The van der Waals surface area contributed by atoms with Crippen molar-refractivity contribution < 1.29 is 23.8 Å². The monoisotopic (exact) mass is 344 g/mol. The van der Waals surface area contributed by atoms with Crippen LogP contribution in [-0.4, -0.2) is 30.5 Å². The summed E-state index contributed by atoms with van der Waals surface area (Å²) < 4.78 is 16.1. The minimum Gasteiger partial charge on any atom is -0.454 e. The lowest BCUT2D eigenvalue weighted by atomic mass is 9.66. The molecule has 7 nitrogen and oxygen atoms in total. The lowest BCUT2D eigenvalue weighted by Crippen LogP contribution is -2.52. The second-order valence-electron chi connectivity index (χ2n) is 7.49. The van der Waals surface area contributed by atoms with Crippen LogP contribution in [0.25, 0.3) is 0 Å². The highest BCUT2D eigenvalue weighted by Crippen LogP contribution is 2.65. The standard InChI is InChI=1S/C18H20N2O5/c1-16(2)17(3)6-7-18(16,25-15(17)22)14(21)20-19-9-11-4-5-12-13(8-11)24-10-23-12/h4-5,8-9H,6-7,10H2,1-3H3,(H,20,21)/b19-9-/t17-,18+/m1/s1. The zero-order chi connectivity index (χ0) is 17.9. The summed E-state index contributed by atoms with van der Waals surface area (Å²) in [5, 5.41) is 4.02. The Balaban J connectivity index is 1.50. The number of nitrogens with one attached hydrogen (secondary N) is 1. The van der Waals surface area contributed by atoms with Gasteiger partial charge in [-0.05, 0) is 43.5 Å². The molecular weight excluding hydrogens is 324 g/mol. The molecule has 0 radical (unpaired) electrons. The van der Waals surface area contributed by atoms with Gasteiger partial charge in [0.2, 0.25) is 6.79 Å². The first-order valence-corrected chi connectivity index (χ1v) is 8.27. The summed E-state index contributed by atoms with van der Waals surface area (Å²) in [6, 6.07) is 5.38. The van der Waals surface area contributed by atoms with Gasteiger partial charge in [0.25, 0.3) is 5.91 Å². The van der Waals surface area contributed by atoms with Crippen LogP contribution < -0.4 is 14.9 Å². The number of carbonyl (C=O) groups is 2. The number of hydrogen-bond donors (Lipinski definition) is 1. The second-order valence-corrected chi connectivity index (χ2v) is 7.49. The summed E-state index contributed by atoms with van der Waals surface area (Å²) in [6.45, 7) is 5.89. The smallest absolute Gasteiger partial charge is 0.313 e. The highest BCUT2D eigenvalue weighted by atomic mass is 16.7. The number of rotatable bonds is 3. The maximum atomic E-state index is 12.8. The zero-order valence-electron chi connectivity index (χ0n) is 14.4. The SMILES string of the molecule is CC1(C)[C@@]2(C(=O)N/N=C\c3ccc4c(c3)OCO4)CC[C@]1(C)C(=O)O2. The first-order valence-electron chi connectivity index (χ1n) is 8.27. The molecular formula is C18H20N2O5. The lowest BCUT2D eigenvalue weighted by Gasteiger charge is -2.34. The van der Waals surface area contributed by atoms with E-state index in [-0.39, 0.29) is 18.7 Å². The molecule has 1 N–H and O–H groups in total. The molecule has 1 saturated carbocycles. The molecule has 3 aliphatic rings. The number of hydrogen-bond acceptors (Lipinski definition) is 6. The zero-order valence-corrected chi connectivity index (χ0v) is 14.4. The average Bonchev–Trinajstić information content (AvgIpc) is 3.15. The van der Waals surface area contributed by atoms with Gasteiger partial charge in [-0.1, -0.05) is 13.8 Å². The fourth-order valence-electron chi connectivity index (χ4n) is 4.00. The summed E-state index contributed by atoms with van der Waals surface area (Å²) in [5.74, 6) is 0.638. The van der Waals surface area contributed by atoms with Gasteiger partial charge in [-0.15, -0.1) is 0 Å². The number of ether oxygens (including phenoxy) is 3. The van der Waals surface area contributed by atoms with Gasteiger partial charge in [0.15, 0.2) is 17.1 Å². The molecule has 0 aromatic heterocycles. The van der Waals surface area contributed by atoms with Crippen LogP contribution in [0.2, 0.25) is 0 Å². The quantitative estimate of drug-likeness (QED) is 0.515. The van der Waals surface area contributed by atoms with Crippen LogP contribution in [0.3, 0.4) is 0 Å². The number of nitrogens with zero attached hydrogens (tertiary/aromatic N) is 1. The highest BCUT2D eigenvalue weighted by Gasteiger charge is 2.75. The van der Waals surface area contributed by atoms with Crippen LogP contribution >= 0.6 is 0 Å². The summed E-state index contributed by atoms with van der Waals surface area (Å²) in [7, 11) is 0. The maximum absolute atomic E-state index is 12.8. The summed E-state index contributed by atoms with van der Waals surface area (Å²) in [5.41, 5.74) is 0.916. The van der Waals surface area contributed by atoms with Gasteiger partial charge in [0.05, 0.1) is 11.6 Å². The van der Waals surface area contributed by atoms with Crippen molar-refractivity contribution in [3.8, 4) is 11.5 Å². The van der Waals surface area contributed by atoms with Crippen molar-refractivity contribution in [2.24, 2.45) is 15.9 Å². The predicted molar refractivity (Wildman–Crippen MR) is 88.2 cm³/mol. The predicted octanol–water partition coefficient (Wildman–Crippen LogP) is 1.99. The molecule has 1 saturated heterocycles. The third-order valence-corrected chi connectivity index (χ3v) is 6.23. The Hall–Kier alpha value is -2.57. The Bertz CT molecular complexity index is 803. The van der Waals surface area contributed by atoms with Crippen molar-refractivity contribution in [1.29, 1.82) is 0 Å². The number of esters is 1. The minimum absolute atomic E-state index is 0.203. The molecule has 0 spiro atoms. The molecule has 25 heavy (non-hydrogen) atoms. The van der Waals surface area contributed by atoms with Crippen molar-refractivity contribution >= 4 is 18.1 Å². The van der Waals surface area contributed by atoms with Crippen LogP contribution in [-0.2, 0) is 14.3 Å². The lowest BCUT2D eigenvalue weighted by molar-refractivity contribution is -0.168. The fraction of sp³-hybridized carbons (Fsp3) is 0.500. The summed E-state index contributed by atoms with van der Waals surface area (Å²) >= 11 is 0. The Morgan fingerprint density at radius 2 is 1.96 bits per heavy atom. The van der Waals surface area contributed by atoms with Crippen LogP contribution in [0, 0.1) is 10.8 Å². The molecule has 2 fully saturated rings. The molecule has 2 aliphatic heterocycles. The average molecular weight is 344 g/mol. The van der Waals surface area contributed by atoms with Crippen molar-refractivity contribution in [2.75, 3.05) is 6.79 Å². The molecule has 1 aliphatic carbocycles. The van der Waals surface area contributed by atoms with E-state index in [0.29, 0.717) is 24.3 Å². The van der Waals surface area contributed by atoms with Crippen molar-refractivity contribution in [3.63, 3.8) is 0 Å². The number of fused-ring (bicyclic) bond motifs is 3. The molecule has 4 rings (SSSR count). The number of carbonyl (C=O) groups excluding carboxylic acids is 2. The van der Waals surface area contributed by atoms with Gasteiger partial charge in [-0.2, -0.15) is 5.10 Å². The van der Waals surface area contributed by atoms with Crippen LogP contribution in [0.4, 0.5) is 0 Å². The van der Waals surface area contributed by atoms with E-state index in [1.54, 1.807) is 12.1 Å². The molecule has 2 heterocycles. The van der Waals surface area contributed by atoms with E-state index < -0.39 is 16.4 Å². The largest absolute Gasteiger partial charge is 0.454 e. The van der Waals surface area contributed by atoms with Crippen molar-refractivity contribution in [1.82, 2.24) is 5.43 Å². The van der Waals surface area contributed by atoms with E-state index in [0.717, 1.165) is 5.56 Å². The van der Waals surface area contributed by atoms with E-state index in [4.69, 9.17) is 14.2 Å². The Morgan fingerprint density at radius 1 is 1.20 bits per heavy atom. The van der Waals surface area contributed by atoms with Gasteiger partial charge in [-0.3, -0.25) is 9.59 Å². The number of amides is 1. The Labute approximate surface area is 145 Å². The molecule has 2 bridgehead atoms. The van der Waals surface area contributed by atoms with Crippen LogP contribution in [0.1, 0.15) is 39.2 Å². The van der Waals surface area contributed by atoms with E-state index in [9.17, 15) is 9.59 Å². The molecule has 1 aromatic rings. The van der Waals surface area contributed by atoms with Crippen molar-refractivity contribution in [3.05, 3.63) is 23.8 Å².